The van der Waals surface area contributed by atoms with Gasteiger partial charge in [0, 0.05) is 5.39 Å². The molecule has 1 heterocycles. The van der Waals surface area contributed by atoms with Gasteiger partial charge in [-0.2, -0.15) is 4.37 Å². The van der Waals surface area contributed by atoms with Crippen molar-refractivity contribution in [2.24, 2.45) is 0 Å². The molecule has 0 atom stereocenters. The van der Waals surface area contributed by atoms with Crippen LogP contribution in [0.5, 0.6) is 0 Å². The Labute approximate surface area is 82.6 Å². The third-order valence-corrected chi connectivity index (χ3v) is 3.15. The molecule has 1 aromatic carbocycles. The van der Waals surface area contributed by atoms with Gasteiger partial charge in [0.15, 0.2) is 0 Å². The molecule has 1 aromatic heterocycles. The average molecular weight is 191 g/mol. The molecule has 2 rings (SSSR count). The first-order chi connectivity index (χ1) is 6.22. The van der Waals surface area contributed by atoms with Crippen LogP contribution in [0.15, 0.2) is 12.1 Å². The van der Waals surface area contributed by atoms with E-state index in [0.717, 1.165) is 6.42 Å². The van der Waals surface area contributed by atoms with E-state index in [4.69, 9.17) is 0 Å². The van der Waals surface area contributed by atoms with Crippen molar-refractivity contribution in [1.82, 2.24) is 4.37 Å². The maximum Gasteiger partial charge on any atom is 0.0620 e. The third-order valence-electron chi connectivity index (χ3n) is 2.32. The number of rotatable bonds is 1. The summed E-state index contributed by atoms with van der Waals surface area (Å²) in [5, 5.41) is 1.37. The first-order valence-corrected chi connectivity index (χ1v) is 5.35. The van der Waals surface area contributed by atoms with Crippen molar-refractivity contribution in [3.8, 4) is 0 Å². The summed E-state index contributed by atoms with van der Waals surface area (Å²) in [5.74, 6) is 0. The summed E-state index contributed by atoms with van der Waals surface area (Å²) in [4.78, 5) is 0. The monoisotopic (exact) mass is 191 g/mol. The van der Waals surface area contributed by atoms with Crippen molar-refractivity contribution in [2.75, 3.05) is 0 Å². The Morgan fingerprint density at radius 2 is 2.08 bits per heavy atom. The molecule has 68 valence electrons. The lowest BCUT2D eigenvalue weighted by Gasteiger charge is -1.99. The first kappa shape index (κ1) is 8.70. The van der Waals surface area contributed by atoms with Crippen molar-refractivity contribution < 1.29 is 0 Å². The van der Waals surface area contributed by atoms with E-state index in [1.807, 2.05) is 0 Å². The number of hydrogen-bond acceptors (Lipinski definition) is 2. The Morgan fingerprint density at radius 1 is 1.31 bits per heavy atom. The van der Waals surface area contributed by atoms with Gasteiger partial charge in [-0.05, 0) is 49.0 Å². The lowest BCUT2D eigenvalue weighted by Crippen LogP contribution is -1.83. The van der Waals surface area contributed by atoms with Gasteiger partial charge in [-0.3, -0.25) is 0 Å². The molecule has 0 bridgehead atoms. The van der Waals surface area contributed by atoms with Gasteiger partial charge in [-0.25, -0.2) is 0 Å². The lowest BCUT2D eigenvalue weighted by atomic mass is 10.1. The second kappa shape index (κ2) is 3.11. The second-order valence-corrected chi connectivity index (χ2v) is 4.24. The number of fused-ring (bicyclic) bond motifs is 1. The van der Waals surface area contributed by atoms with Crippen LogP contribution in [0.2, 0.25) is 0 Å². The molecule has 0 N–H and O–H groups in total. The zero-order chi connectivity index (χ0) is 9.42. The Morgan fingerprint density at radius 3 is 2.77 bits per heavy atom. The van der Waals surface area contributed by atoms with Gasteiger partial charge in [0.25, 0.3) is 0 Å². The van der Waals surface area contributed by atoms with Crippen LogP contribution < -0.4 is 0 Å². The number of nitrogens with zero attached hydrogens (tertiary/aromatic N) is 1. The first-order valence-electron chi connectivity index (χ1n) is 4.58. The van der Waals surface area contributed by atoms with E-state index in [1.165, 1.54) is 26.9 Å². The molecule has 0 aliphatic carbocycles. The predicted octanol–water partition coefficient (Wildman–Crippen LogP) is 3.48. The fourth-order valence-electron chi connectivity index (χ4n) is 1.76. The van der Waals surface area contributed by atoms with Crippen LogP contribution >= 0.6 is 11.5 Å². The molecule has 0 radical (unpaired) electrons. The number of benzene rings is 1. The molecule has 0 saturated carbocycles. The average Bonchev–Trinajstić information content (AvgIpc) is 2.47. The third kappa shape index (κ3) is 1.35. The molecule has 0 amide bonds. The maximum atomic E-state index is 4.46. The van der Waals surface area contributed by atoms with E-state index in [-0.39, 0.29) is 0 Å². The largest absolute Gasteiger partial charge is 0.196 e. The topological polar surface area (TPSA) is 12.9 Å². The highest BCUT2D eigenvalue weighted by atomic mass is 32.1. The summed E-state index contributed by atoms with van der Waals surface area (Å²) in [5.41, 5.74) is 3.94. The van der Waals surface area contributed by atoms with Gasteiger partial charge in [-0.15, -0.1) is 0 Å². The van der Waals surface area contributed by atoms with Crippen LogP contribution in [0.1, 0.15) is 23.7 Å². The van der Waals surface area contributed by atoms with Crippen molar-refractivity contribution in [3.63, 3.8) is 0 Å². The standard InChI is InChI=1S/C11H13NS/c1-4-9-11-8(3)5-7(2)6-10(11)13-12-9/h5-6H,4H2,1-3H3. The minimum Gasteiger partial charge on any atom is -0.196 e. The van der Waals surface area contributed by atoms with Crippen LogP contribution in [0.25, 0.3) is 10.1 Å². The summed E-state index contributed by atoms with van der Waals surface area (Å²) in [6.07, 6.45) is 1.03. The molecule has 1 nitrogen and oxygen atoms in total. The summed E-state index contributed by atoms with van der Waals surface area (Å²) in [7, 11) is 0. The minimum atomic E-state index is 1.03. The molecule has 0 spiro atoms. The molecule has 2 aromatic rings. The Hall–Kier alpha value is -0.890. The van der Waals surface area contributed by atoms with E-state index in [9.17, 15) is 0 Å². The van der Waals surface area contributed by atoms with Gasteiger partial charge in [0.05, 0.1) is 10.4 Å². The van der Waals surface area contributed by atoms with Crippen LogP contribution in [-0.4, -0.2) is 4.37 Å². The van der Waals surface area contributed by atoms with E-state index < -0.39 is 0 Å². The highest BCUT2D eigenvalue weighted by molar-refractivity contribution is 7.13. The molecule has 0 saturated heterocycles. The van der Waals surface area contributed by atoms with Gasteiger partial charge < -0.3 is 0 Å². The van der Waals surface area contributed by atoms with Crippen LogP contribution in [-0.2, 0) is 6.42 Å². The van der Waals surface area contributed by atoms with E-state index in [1.54, 1.807) is 11.5 Å². The normalized spacial score (nSPS) is 11.0. The fraction of sp³-hybridized carbons (Fsp3) is 0.364. The van der Waals surface area contributed by atoms with Crippen molar-refractivity contribution in [3.05, 3.63) is 29.0 Å². The van der Waals surface area contributed by atoms with E-state index in [0.29, 0.717) is 0 Å². The smallest absolute Gasteiger partial charge is 0.0620 e. The molecule has 0 unspecified atom stereocenters. The summed E-state index contributed by atoms with van der Waals surface area (Å²) in [6, 6.07) is 4.45. The zero-order valence-electron chi connectivity index (χ0n) is 8.22. The second-order valence-electron chi connectivity index (χ2n) is 3.44. The SMILES string of the molecule is CCc1nsc2cc(C)cc(C)c12. The van der Waals surface area contributed by atoms with E-state index >= 15 is 0 Å². The van der Waals surface area contributed by atoms with Gasteiger partial charge in [0.1, 0.15) is 0 Å². The van der Waals surface area contributed by atoms with Gasteiger partial charge >= 0.3 is 0 Å². The summed E-state index contributed by atoms with van der Waals surface area (Å²) in [6.45, 7) is 6.47. The molecule has 0 aliphatic heterocycles. The Kier molecular flexibility index (Phi) is 2.08. The highest BCUT2D eigenvalue weighted by Crippen LogP contribution is 2.27. The van der Waals surface area contributed by atoms with Crippen LogP contribution in [0.4, 0.5) is 0 Å². The summed E-state index contributed by atoms with van der Waals surface area (Å²) < 4.78 is 5.79. The maximum absolute atomic E-state index is 4.46. The molecule has 2 heteroatoms. The molecular formula is C11H13NS. The molecule has 0 aliphatic rings. The fourth-order valence-corrected chi connectivity index (χ4v) is 2.80. The number of hydrogen-bond donors (Lipinski definition) is 0. The molecule has 13 heavy (non-hydrogen) atoms. The van der Waals surface area contributed by atoms with Crippen LogP contribution in [0, 0.1) is 13.8 Å². The zero-order valence-corrected chi connectivity index (χ0v) is 9.03. The number of aryl methyl sites for hydroxylation is 3. The lowest BCUT2D eigenvalue weighted by molar-refractivity contribution is 1.10. The van der Waals surface area contributed by atoms with Crippen molar-refractivity contribution >= 4 is 21.6 Å². The van der Waals surface area contributed by atoms with Crippen LogP contribution in [0.3, 0.4) is 0 Å². The van der Waals surface area contributed by atoms with Crippen molar-refractivity contribution in [2.45, 2.75) is 27.2 Å². The Balaban J connectivity index is 2.82. The number of aromatic nitrogens is 1. The summed E-state index contributed by atoms with van der Waals surface area (Å²) >= 11 is 1.62. The quantitative estimate of drug-likeness (QED) is 0.672. The highest BCUT2D eigenvalue weighted by Gasteiger charge is 2.06. The van der Waals surface area contributed by atoms with Gasteiger partial charge in [0.2, 0.25) is 0 Å². The Bertz CT molecular complexity index is 443. The predicted molar refractivity (Wildman–Crippen MR) is 58.5 cm³/mol. The molecule has 0 fully saturated rings. The molecular weight excluding hydrogens is 178 g/mol. The van der Waals surface area contributed by atoms with E-state index in [2.05, 4.69) is 37.3 Å². The van der Waals surface area contributed by atoms with Gasteiger partial charge in [-0.1, -0.05) is 13.0 Å². The van der Waals surface area contributed by atoms with Crippen molar-refractivity contribution in [1.29, 1.82) is 0 Å². The minimum absolute atomic E-state index is 1.03.